The van der Waals surface area contributed by atoms with Crippen LogP contribution in [0.25, 0.3) is 11.0 Å². The second-order valence-electron chi connectivity index (χ2n) is 4.62. The van der Waals surface area contributed by atoms with Crippen molar-refractivity contribution < 1.29 is 12.8 Å². The van der Waals surface area contributed by atoms with Gasteiger partial charge in [0.2, 0.25) is 0 Å². The van der Waals surface area contributed by atoms with Crippen molar-refractivity contribution in [3.05, 3.63) is 28.8 Å². The topological polar surface area (TPSA) is 52.0 Å². The van der Waals surface area contributed by atoms with E-state index in [9.17, 15) is 12.8 Å². The smallest absolute Gasteiger partial charge is 0.149 e. The number of sulfone groups is 1. The number of hydrogen-bond acceptors (Lipinski definition) is 3. The molecule has 1 aromatic heterocycles. The van der Waals surface area contributed by atoms with Gasteiger partial charge in [0.05, 0.1) is 27.2 Å². The van der Waals surface area contributed by atoms with Crippen LogP contribution in [0.3, 0.4) is 0 Å². The molecule has 1 atom stereocenters. The van der Waals surface area contributed by atoms with E-state index in [0.717, 1.165) is 6.26 Å². The summed E-state index contributed by atoms with van der Waals surface area (Å²) in [6.45, 7) is 1.89. The van der Waals surface area contributed by atoms with Gasteiger partial charge in [0, 0.05) is 18.9 Å². The summed E-state index contributed by atoms with van der Waals surface area (Å²) in [4.78, 5) is 4.30. The molecule has 1 heterocycles. The van der Waals surface area contributed by atoms with Crippen molar-refractivity contribution in [1.29, 1.82) is 0 Å². The second-order valence-corrected chi connectivity index (χ2v) is 7.94. The molecule has 2 rings (SSSR count). The molecule has 0 aliphatic heterocycles. The van der Waals surface area contributed by atoms with Gasteiger partial charge in [0.1, 0.15) is 21.5 Å². The van der Waals surface area contributed by atoms with E-state index in [-0.39, 0.29) is 17.3 Å². The van der Waals surface area contributed by atoms with Gasteiger partial charge in [-0.25, -0.2) is 17.8 Å². The number of rotatable bonds is 4. The van der Waals surface area contributed by atoms with Gasteiger partial charge in [-0.15, -0.1) is 11.6 Å². The molecule has 4 nitrogen and oxygen atoms in total. The van der Waals surface area contributed by atoms with Gasteiger partial charge >= 0.3 is 0 Å². The maximum Gasteiger partial charge on any atom is 0.149 e. The first-order valence-corrected chi connectivity index (χ1v) is 8.73. The molecule has 0 N–H and O–H groups in total. The molecule has 0 saturated carbocycles. The zero-order chi connectivity index (χ0) is 15.1. The van der Waals surface area contributed by atoms with E-state index in [1.807, 2.05) is 0 Å². The van der Waals surface area contributed by atoms with Gasteiger partial charge in [0.15, 0.2) is 0 Å². The highest BCUT2D eigenvalue weighted by atomic mass is 35.5. The van der Waals surface area contributed by atoms with E-state index in [0.29, 0.717) is 16.9 Å². The zero-order valence-corrected chi connectivity index (χ0v) is 13.2. The van der Waals surface area contributed by atoms with Crippen molar-refractivity contribution in [2.75, 3.05) is 12.0 Å². The first kappa shape index (κ1) is 15.5. The molecule has 20 heavy (non-hydrogen) atoms. The van der Waals surface area contributed by atoms with Crippen LogP contribution in [0.4, 0.5) is 4.39 Å². The van der Waals surface area contributed by atoms with E-state index < -0.39 is 21.0 Å². The van der Waals surface area contributed by atoms with Crippen LogP contribution >= 0.6 is 23.2 Å². The number of nitrogens with zero attached hydrogens (tertiary/aromatic N) is 2. The lowest BCUT2D eigenvalue weighted by molar-refractivity contribution is 0.593. The average Bonchev–Trinajstić information content (AvgIpc) is 2.64. The van der Waals surface area contributed by atoms with Crippen molar-refractivity contribution in [3.8, 4) is 0 Å². The molecule has 0 radical (unpaired) electrons. The first-order chi connectivity index (χ1) is 9.19. The molecular formula is C12H13Cl2FN2O2S. The minimum atomic E-state index is -3.14. The van der Waals surface area contributed by atoms with Gasteiger partial charge in [0.25, 0.3) is 0 Å². The van der Waals surface area contributed by atoms with Gasteiger partial charge < -0.3 is 4.57 Å². The van der Waals surface area contributed by atoms with Gasteiger partial charge in [-0.1, -0.05) is 11.6 Å². The van der Waals surface area contributed by atoms with Gasteiger partial charge in [-0.05, 0) is 13.0 Å². The molecule has 0 bridgehead atoms. The van der Waals surface area contributed by atoms with Crippen molar-refractivity contribution in [3.63, 3.8) is 0 Å². The first-order valence-electron chi connectivity index (χ1n) is 5.86. The Kier molecular flexibility index (Phi) is 4.27. The van der Waals surface area contributed by atoms with E-state index >= 15 is 0 Å². The summed E-state index contributed by atoms with van der Waals surface area (Å²) in [7, 11) is -3.14. The Labute approximate surface area is 126 Å². The highest BCUT2D eigenvalue weighted by Gasteiger charge is 2.18. The van der Waals surface area contributed by atoms with Crippen LogP contribution in [0.15, 0.2) is 12.1 Å². The summed E-state index contributed by atoms with van der Waals surface area (Å²) < 4.78 is 37.8. The molecule has 0 aliphatic carbocycles. The van der Waals surface area contributed by atoms with E-state index in [4.69, 9.17) is 23.2 Å². The van der Waals surface area contributed by atoms with Crippen LogP contribution in [-0.4, -0.2) is 30.0 Å². The van der Waals surface area contributed by atoms with Crippen molar-refractivity contribution in [1.82, 2.24) is 9.55 Å². The van der Waals surface area contributed by atoms with E-state index in [1.165, 1.54) is 12.1 Å². The van der Waals surface area contributed by atoms with Crippen LogP contribution in [0.5, 0.6) is 0 Å². The Morgan fingerprint density at radius 3 is 2.65 bits per heavy atom. The average molecular weight is 339 g/mol. The Balaban J connectivity index is 2.59. The molecule has 0 aliphatic rings. The molecule has 8 heteroatoms. The molecule has 2 aromatic rings. The molecule has 0 fully saturated rings. The van der Waals surface area contributed by atoms with Gasteiger partial charge in [-0.2, -0.15) is 0 Å². The third kappa shape index (κ3) is 3.24. The minimum absolute atomic E-state index is 0.0287. The highest BCUT2D eigenvalue weighted by molar-refractivity contribution is 7.90. The number of aryl methyl sites for hydroxylation is 1. The SMILES string of the molecule is CC(Cl)c1nc2cc(Cl)c(F)cc2n1CCS(C)(=O)=O. The zero-order valence-electron chi connectivity index (χ0n) is 10.9. The minimum Gasteiger partial charge on any atom is -0.326 e. The number of aromatic nitrogens is 2. The maximum absolute atomic E-state index is 13.6. The van der Waals surface area contributed by atoms with Crippen molar-refractivity contribution >= 4 is 44.1 Å². The maximum atomic E-state index is 13.6. The standard InChI is InChI=1S/C12H13Cl2FN2O2S/c1-7(13)12-16-10-5-8(14)9(15)6-11(10)17(12)3-4-20(2,18)19/h5-7H,3-4H2,1-2H3. The number of benzene rings is 1. The van der Waals surface area contributed by atoms with E-state index in [2.05, 4.69) is 4.98 Å². The lowest BCUT2D eigenvalue weighted by atomic mass is 10.3. The quantitative estimate of drug-likeness (QED) is 0.804. The Bertz CT molecular complexity index is 756. The summed E-state index contributed by atoms with van der Waals surface area (Å²) in [6.07, 6.45) is 1.15. The second kappa shape index (κ2) is 5.50. The molecule has 1 aromatic carbocycles. The fourth-order valence-corrected chi connectivity index (χ4v) is 2.77. The van der Waals surface area contributed by atoms with Crippen molar-refractivity contribution in [2.24, 2.45) is 0 Å². The molecule has 1 unspecified atom stereocenters. The molecule has 0 saturated heterocycles. The normalized spacial score (nSPS) is 13.8. The summed E-state index contributed by atoms with van der Waals surface area (Å²) in [5.74, 6) is -0.153. The largest absolute Gasteiger partial charge is 0.326 e. The monoisotopic (exact) mass is 338 g/mol. The summed E-state index contributed by atoms with van der Waals surface area (Å²) in [6, 6.07) is 2.65. The lowest BCUT2D eigenvalue weighted by Gasteiger charge is -2.09. The Morgan fingerprint density at radius 2 is 2.10 bits per heavy atom. The van der Waals surface area contributed by atoms with Crippen LogP contribution < -0.4 is 0 Å². The van der Waals surface area contributed by atoms with Crippen LogP contribution in [0.1, 0.15) is 18.1 Å². The van der Waals surface area contributed by atoms with Crippen LogP contribution in [0, 0.1) is 5.82 Å². The Morgan fingerprint density at radius 1 is 1.45 bits per heavy atom. The third-order valence-electron chi connectivity index (χ3n) is 2.86. The number of alkyl halides is 1. The highest BCUT2D eigenvalue weighted by Crippen LogP contribution is 2.28. The van der Waals surface area contributed by atoms with Crippen LogP contribution in [0.2, 0.25) is 5.02 Å². The predicted octanol–water partition coefficient (Wildman–Crippen LogP) is 3.17. The summed E-state index contributed by atoms with van der Waals surface area (Å²) in [5.41, 5.74) is 0.977. The number of halogens is 3. The summed E-state index contributed by atoms with van der Waals surface area (Å²) in [5, 5.41) is -0.456. The number of imidazole rings is 1. The van der Waals surface area contributed by atoms with Crippen molar-refractivity contribution in [2.45, 2.75) is 18.8 Å². The predicted molar refractivity (Wildman–Crippen MR) is 78.7 cm³/mol. The van der Waals surface area contributed by atoms with Crippen LogP contribution in [-0.2, 0) is 16.4 Å². The molecular weight excluding hydrogens is 326 g/mol. The molecule has 110 valence electrons. The lowest BCUT2D eigenvalue weighted by Crippen LogP contribution is -2.13. The number of fused-ring (bicyclic) bond motifs is 1. The number of hydrogen-bond donors (Lipinski definition) is 0. The fourth-order valence-electron chi connectivity index (χ4n) is 1.93. The third-order valence-corrected chi connectivity index (χ3v) is 4.27. The molecule has 0 spiro atoms. The summed E-state index contributed by atoms with van der Waals surface area (Å²) >= 11 is 11.8. The van der Waals surface area contributed by atoms with E-state index in [1.54, 1.807) is 11.5 Å². The Hall–Kier alpha value is -0.850. The fraction of sp³-hybridized carbons (Fsp3) is 0.417. The van der Waals surface area contributed by atoms with Gasteiger partial charge in [-0.3, -0.25) is 0 Å². The molecule has 0 amide bonds.